The van der Waals surface area contributed by atoms with E-state index in [1.807, 2.05) is 29.2 Å². The first kappa shape index (κ1) is 26.8. The van der Waals surface area contributed by atoms with Gasteiger partial charge in [0.05, 0.1) is 25.3 Å². The number of ketones is 1. The Kier molecular flexibility index (Phi) is 10.3. The quantitative estimate of drug-likeness (QED) is 0.620. The van der Waals surface area contributed by atoms with Gasteiger partial charge < -0.3 is 19.7 Å². The fraction of sp³-hybridized carbons (Fsp3) is 0.625. The van der Waals surface area contributed by atoms with Crippen LogP contribution < -0.4 is 14.9 Å². The molecule has 0 aliphatic carbocycles. The van der Waals surface area contributed by atoms with Crippen LogP contribution in [-0.4, -0.2) is 50.0 Å². The van der Waals surface area contributed by atoms with Crippen molar-refractivity contribution in [1.29, 1.82) is 0 Å². The van der Waals surface area contributed by atoms with Gasteiger partial charge in [-0.15, -0.1) is 0 Å². The van der Waals surface area contributed by atoms with Crippen molar-refractivity contribution in [2.75, 3.05) is 31.1 Å². The summed E-state index contributed by atoms with van der Waals surface area (Å²) >= 11 is 0. The Balaban J connectivity index is 0.000000479. The number of benzene rings is 1. The van der Waals surface area contributed by atoms with Gasteiger partial charge in [-0.25, -0.2) is 0 Å². The van der Waals surface area contributed by atoms with Crippen LogP contribution in [0.5, 0.6) is 0 Å². The van der Waals surface area contributed by atoms with Gasteiger partial charge in [-0.05, 0) is 43.7 Å². The number of nitrogens with one attached hydrogen (secondary N) is 1. The number of quaternary nitrogens is 1. The van der Waals surface area contributed by atoms with E-state index in [0.717, 1.165) is 31.0 Å². The Bertz CT molecular complexity index is 805. The predicted molar refractivity (Wildman–Crippen MR) is 116 cm³/mol. The number of carbonyl (C=O) groups excluding carboxylic acids is 3. The van der Waals surface area contributed by atoms with Crippen LogP contribution in [0.1, 0.15) is 68.6 Å². The van der Waals surface area contributed by atoms with Gasteiger partial charge in [0.15, 0.2) is 5.78 Å². The lowest BCUT2D eigenvalue weighted by Crippen LogP contribution is -3.13. The second-order valence-electron chi connectivity index (χ2n) is 8.71. The number of unbranched alkanes of at least 4 members (excludes halogenated alkanes) is 1. The number of amides is 1. The zero-order chi connectivity index (χ0) is 24.4. The summed E-state index contributed by atoms with van der Waals surface area (Å²) in [6.45, 7) is 6.85. The van der Waals surface area contributed by atoms with Crippen molar-refractivity contribution in [3.63, 3.8) is 0 Å². The molecule has 0 saturated carbocycles. The summed E-state index contributed by atoms with van der Waals surface area (Å²) in [5.41, 5.74) is 1.52. The number of likely N-dealkylation sites (tertiary alicyclic amines) is 1. The maximum atomic E-state index is 12.5. The first-order valence-electron chi connectivity index (χ1n) is 11.7. The molecule has 2 heterocycles. The van der Waals surface area contributed by atoms with Gasteiger partial charge in [0.2, 0.25) is 5.91 Å². The maximum Gasteiger partial charge on any atom is 0.430 e. The normalized spacial score (nSPS) is 21.0. The molecule has 0 aromatic heterocycles. The summed E-state index contributed by atoms with van der Waals surface area (Å²) in [5, 5.41) is 8.78. The molecule has 0 unspecified atom stereocenters. The molecule has 0 radical (unpaired) electrons. The standard InChI is InChI=1S/C22H32N2O2.C2HF3O2/c1-2-7-18-12-16-23(17-13-18)14-5-6-15-24-20-9-4-3-8-19(20)21(25)10-11-22(24)26;3-2(4,5)1(6)7/h3-4,8-9,18H,2,5-7,10-17H2,1H3;(H,6,7). The molecule has 3 rings (SSSR count). The number of rotatable bonds is 7. The number of nitrogens with zero attached hydrogens (tertiary/aromatic N) is 1. The summed E-state index contributed by atoms with van der Waals surface area (Å²) in [4.78, 5) is 37.1. The number of alkyl halides is 3. The minimum atomic E-state index is -5.19. The van der Waals surface area contributed by atoms with Crippen molar-refractivity contribution in [1.82, 2.24) is 0 Å². The molecule has 2 aliphatic rings. The largest absolute Gasteiger partial charge is 0.542 e. The number of aliphatic carboxylic acids is 1. The molecular weight excluding hydrogens is 437 g/mol. The lowest BCUT2D eigenvalue weighted by molar-refractivity contribution is -0.906. The average Bonchev–Trinajstić information content (AvgIpc) is 2.89. The third kappa shape index (κ3) is 8.46. The van der Waals surface area contributed by atoms with Crippen LogP contribution in [0.2, 0.25) is 0 Å². The van der Waals surface area contributed by atoms with Crippen LogP contribution >= 0.6 is 0 Å². The molecule has 6 nitrogen and oxygen atoms in total. The van der Waals surface area contributed by atoms with Crippen molar-refractivity contribution in [2.24, 2.45) is 5.92 Å². The molecule has 1 N–H and O–H groups in total. The van der Waals surface area contributed by atoms with Crippen LogP contribution in [0.25, 0.3) is 0 Å². The Labute approximate surface area is 192 Å². The van der Waals surface area contributed by atoms with Crippen LogP contribution in [0.15, 0.2) is 24.3 Å². The van der Waals surface area contributed by atoms with Gasteiger partial charge in [0.25, 0.3) is 0 Å². The van der Waals surface area contributed by atoms with Gasteiger partial charge in [-0.3, -0.25) is 9.59 Å². The van der Waals surface area contributed by atoms with Crippen LogP contribution in [0.3, 0.4) is 0 Å². The summed E-state index contributed by atoms with van der Waals surface area (Å²) in [5.74, 6) is -1.87. The predicted octanol–water partition coefficient (Wildman–Crippen LogP) is 2.17. The van der Waals surface area contributed by atoms with Crippen molar-refractivity contribution in [3.05, 3.63) is 29.8 Å². The second kappa shape index (κ2) is 12.7. The van der Waals surface area contributed by atoms with Crippen molar-refractivity contribution >= 4 is 23.3 Å². The number of carbonyl (C=O) groups is 3. The first-order chi connectivity index (χ1) is 15.6. The smallest absolute Gasteiger partial charge is 0.430 e. The van der Waals surface area contributed by atoms with Gasteiger partial charge in [-0.1, -0.05) is 31.9 Å². The molecular formula is C24H33F3N2O4. The maximum absolute atomic E-state index is 12.5. The highest BCUT2D eigenvalue weighted by Gasteiger charge is 2.29. The van der Waals surface area contributed by atoms with E-state index < -0.39 is 12.1 Å². The van der Waals surface area contributed by atoms with Crippen molar-refractivity contribution < 1.29 is 37.6 Å². The van der Waals surface area contributed by atoms with Gasteiger partial charge in [0, 0.05) is 24.9 Å². The summed E-state index contributed by atoms with van der Waals surface area (Å²) in [6, 6.07) is 7.58. The zero-order valence-corrected chi connectivity index (χ0v) is 19.1. The molecule has 1 aromatic rings. The van der Waals surface area contributed by atoms with Crippen LogP contribution in [0.4, 0.5) is 18.9 Å². The molecule has 33 heavy (non-hydrogen) atoms. The third-order valence-corrected chi connectivity index (χ3v) is 6.26. The molecule has 1 saturated heterocycles. The SMILES string of the molecule is CCCC1CC[NH+](CCCCN2C(=O)CCC(=O)c3ccccc32)CC1.O=C([O-])C(F)(F)F. The van der Waals surface area contributed by atoms with Crippen LogP contribution in [-0.2, 0) is 9.59 Å². The Morgan fingerprint density at radius 3 is 2.36 bits per heavy atom. The van der Waals surface area contributed by atoms with Crippen LogP contribution in [0, 0.1) is 5.92 Å². The summed E-state index contributed by atoms with van der Waals surface area (Å²) < 4.78 is 31.5. The molecule has 0 atom stereocenters. The van der Waals surface area contributed by atoms with E-state index in [0.29, 0.717) is 18.4 Å². The fourth-order valence-electron chi connectivity index (χ4n) is 4.49. The molecule has 184 valence electrons. The number of para-hydroxylation sites is 1. The number of anilines is 1. The Morgan fingerprint density at radius 1 is 1.12 bits per heavy atom. The highest BCUT2D eigenvalue weighted by Crippen LogP contribution is 2.27. The minimum Gasteiger partial charge on any atom is -0.542 e. The van der Waals surface area contributed by atoms with Gasteiger partial charge in [-0.2, -0.15) is 13.2 Å². The van der Waals surface area contributed by atoms with E-state index in [1.165, 1.54) is 45.3 Å². The molecule has 1 aromatic carbocycles. The number of Topliss-reactive ketones (excluding diaryl/α,β-unsaturated/α-hetero) is 1. The zero-order valence-electron chi connectivity index (χ0n) is 19.1. The molecule has 1 amide bonds. The van der Waals surface area contributed by atoms with E-state index in [1.54, 1.807) is 4.90 Å². The molecule has 1 fully saturated rings. The molecule has 0 spiro atoms. The number of carboxylic acid groups (broad SMARTS) is 1. The van der Waals surface area contributed by atoms with E-state index in [9.17, 15) is 22.8 Å². The Morgan fingerprint density at radius 2 is 1.76 bits per heavy atom. The average molecular weight is 471 g/mol. The minimum absolute atomic E-state index is 0.0934. The molecule has 0 bridgehead atoms. The summed E-state index contributed by atoms with van der Waals surface area (Å²) in [7, 11) is 0. The Hall–Kier alpha value is -2.42. The number of fused-ring (bicyclic) bond motifs is 1. The number of piperidine rings is 1. The van der Waals surface area contributed by atoms with E-state index in [2.05, 4.69) is 6.92 Å². The third-order valence-electron chi connectivity index (χ3n) is 6.26. The number of hydrogen-bond donors (Lipinski definition) is 1. The van der Waals surface area contributed by atoms with Crippen molar-refractivity contribution in [2.45, 2.75) is 64.5 Å². The number of halogens is 3. The highest BCUT2D eigenvalue weighted by atomic mass is 19.4. The topological polar surface area (TPSA) is 82.0 Å². The first-order valence-corrected chi connectivity index (χ1v) is 11.7. The monoisotopic (exact) mass is 470 g/mol. The van der Waals surface area contributed by atoms with Gasteiger partial charge >= 0.3 is 6.18 Å². The molecule has 9 heteroatoms. The highest BCUT2D eigenvalue weighted by molar-refractivity contribution is 6.10. The van der Waals surface area contributed by atoms with E-state index in [-0.39, 0.29) is 11.7 Å². The molecule has 2 aliphatic heterocycles. The second-order valence-corrected chi connectivity index (χ2v) is 8.71. The lowest BCUT2D eigenvalue weighted by Gasteiger charge is -2.29. The van der Waals surface area contributed by atoms with Gasteiger partial charge in [0.1, 0.15) is 5.97 Å². The lowest BCUT2D eigenvalue weighted by atomic mass is 9.92. The van der Waals surface area contributed by atoms with E-state index in [4.69, 9.17) is 9.90 Å². The number of hydrogen-bond acceptors (Lipinski definition) is 4. The summed E-state index contributed by atoms with van der Waals surface area (Å²) in [6.07, 6.45) is 3.10. The fourth-order valence-corrected chi connectivity index (χ4v) is 4.49. The van der Waals surface area contributed by atoms with Crippen molar-refractivity contribution in [3.8, 4) is 0 Å². The van der Waals surface area contributed by atoms with E-state index >= 15 is 0 Å². The number of carboxylic acids is 1.